The van der Waals surface area contributed by atoms with Crippen molar-refractivity contribution in [2.75, 3.05) is 32.0 Å². The lowest BCUT2D eigenvalue weighted by Gasteiger charge is -2.33. The van der Waals surface area contributed by atoms with E-state index < -0.39 is 5.60 Å². The second-order valence-corrected chi connectivity index (χ2v) is 12.0. The van der Waals surface area contributed by atoms with Crippen molar-refractivity contribution in [3.8, 4) is 11.1 Å². The molecule has 7 rings (SSSR count). The van der Waals surface area contributed by atoms with E-state index in [0.717, 1.165) is 75.3 Å². The van der Waals surface area contributed by atoms with Crippen LogP contribution in [0.3, 0.4) is 0 Å². The number of hydrogen-bond acceptors (Lipinski definition) is 6. The van der Waals surface area contributed by atoms with E-state index in [9.17, 15) is 9.90 Å². The molecule has 3 saturated carbocycles. The summed E-state index contributed by atoms with van der Waals surface area (Å²) in [6, 6.07) is 11.5. The minimum atomic E-state index is -0.463. The second-order valence-electron chi connectivity index (χ2n) is 12.0. The fourth-order valence-corrected chi connectivity index (χ4v) is 7.36. The maximum absolute atomic E-state index is 13.0. The lowest BCUT2D eigenvalue weighted by molar-refractivity contribution is 0.0378. The minimum absolute atomic E-state index is 0.0884. The standard InChI is InChI=1S/C29H36N4O3/c30-26-25(27(34)32-23-5-8-29(35)14-21(29)12-23)11-19(15-31-26)18-1-3-20(4-2-18)28-13-22(28)16-33(17-28)24-6-9-36-10-7-24/h1-4,11,15,21-24,35H,5-10,12-14,16-17H2,(H2,30,31)(H,32,34)/t21?,22-,23+,28+,29-/m0/s1. The van der Waals surface area contributed by atoms with Crippen molar-refractivity contribution >= 4 is 11.7 Å². The number of nitrogens with one attached hydrogen (secondary N) is 1. The Morgan fingerprint density at radius 2 is 1.92 bits per heavy atom. The number of hydrogen-bond donors (Lipinski definition) is 3. The average Bonchev–Trinajstić information content (AvgIpc) is 3.75. The van der Waals surface area contributed by atoms with Crippen molar-refractivity contribution in [3.63, 3.8) is 0 Å². The van der Waals surface area contributed by atoms with Gasteiger partial charge in [-0.25, -0.2) is 4.98 Å². The molecule has 7 nitrogen and oxygen atoms in total. The molecule has 3 heterocycles. The molecular weight excluding hydrogens is 452 g/mol. The minimum Gasteiger partial charge on any atom is -0.390 e. The van der Waals surface area contributed by atoms with Crippen molar-refractivity contribution < 1.29 is 14.6 Å². The summed E-state index contributed by atoms with van der Waals surface area (Å²) in [5.74, 6) is 1.18. The van der Waals surface area contributed by atoms with E-state index in [1.807, 2.05) is 6.07 Å². The Kier molecular flexibility index (Phi) is 5.21. The molecule has 0 bridgehead atoms. The summed E-state index contributed by atoms with van der Waals surface area (Å²) >= 11 is 0. The molecule has 5 aliphatic rings. The number of rotatable bonds is 5. The largest absolute Gasteiger partial charge is 0.390 e. The number of anilines is 1. The van der Waals surface area contributed by atoms with E-state index in [1.54, 1.807) is 6.20 Å². The van der Waals surface area contributed by atoms with Gasteiger partial charge >= 0.3 is 0 Å². The van der Waals surface area contributed by atoms with Gasteiger partial charge in [-0.2, -0.15) is 0 Å². The smallest absolute Gasteiger partial charge is 0.255 e. The molecule has 2 aromatic rings. The van der Waals surface area contributed by atoms with Gasteiger partial charge in [0.2, 0.25) is 0 Å². The number of pyridine rings is 1. The van der Waals surface area contributed by atoms with Gasteiger partial charge in [-0.1, -0.05) is 24.3 Å². The first-order valence-electron chi connectivity index (χ1n) is 13.6. The molecule has 36 heavy (non-hydrogen) atoms. The highest BCUT2D eigenvalue weighted by Crippen LogP contribution is 2.59. The summed E-state index contributed by atoms with van der Waals surface area (Å²) in [5, 5.41) is 13.4. The van der Waals surface area contributed by atoms with E-state index in [-0.39, 0.29) is 17.8 Å². The molecule has 0 spiro atoms. The Hall–Kier alpha value is -2.48. The maximum Gasteiger partial charge on any atom is 0.255 e. The Morgan fingerprint density at radius 1 is 1.11 bits per heavy atom. The van der Waals surface area contributed by atoms with Crippen molar-refractivity contribution in [1.82, 2.24) is 15.2 Å². The van der Waals surface area contributed by atoms with Crippen molar-refractivity contribution in [1.29, 1.82) is 0 Å². The highest BCUT2D eigenvalue weighted by Gasteiger charge is 2.61. The number of piperidine rings is 1. The summed E-state index contributed by atoms with van der Waals surface area (Å²) in [6.45, 7) is 4.17. The highest BCUT2D eigenvalue weighted by molar-refractivity contribution is 5.99. The molecule has 7 heteroatoms. The molecular formula is C29H36N4O3. The van der Waals surface area contributed by atoms with Crippen LogP contribution in [0.4, 0.5) is 5.82 Å². The lowest BCUT2D eigenvalue weighted by Crippen LogP contribution is -2.40. The first kappa shape index (κ1) is 22.7. The molecule has 2 aliphatic heterocycles. The van der Waals surface area contributed by atoms with Gasteiger partial charge in [0.15, 0.2) is 0 Å². The number of carbonyl (C=O) groups excluding carboxylic acids is 1. The van der Waals surface area contributed by atoms with E-state index in [2.05, 4.69) is 39.5 Å². The van der Waals surface area contributed by atoms with E-state index in [4.69, 9.17) is 10.5 Å². The Bertz CT molecular complexity index is 1180. The van der Waals surface area contributed by atoms with Gasteiger partial charge < -0.3 is 20.9 Å². The molecule has 2 saturated heterocycles. The van der Waals surface area contributed by atoms with Crippen molar-refractivity contribution in [3.05, 3.63) is 47.7 Å². The molecule has 3 aliphatic carbocycles. The number of amides is 1. The summed E-state index contributed by atoms with van der Waals surface area (Å²) in [7, 11) is 0. The molecule has 0 radical (unpaired) electrons. The topological polar surface area (TPSA) is 101 Å². The number of nitrogen functional groups attached to an aromatic ring is 1. The number of nitrogens with two attached hydrogens (primary N) is 1. The summed E-state index contributed by atoms with van der Waals surface area (Å²) in [4.78, 5) is 20.1. The number of fused-ring (bicyclic) bond motifs is 2. The van der Waals surface area contributed by atoms with Crippen LogP contribution >= 0.6 is 0 Å². The normalized spacial score (nSPS) is 35.6. The third kappa shape index (κ3) is 3.83. The first-order valence-corrected chi connectivity index (χ1v) is 13.6. The van der Waals surface area contributed by atoms with Crippen LogP contribution in [-0.4, -0.2) is 64.9 Å². The monoisotopic (exact) mass is 488 g/mol. The van der Waals surface area contributed by atoms with Crippen LogP contribution in [0.2, 0.25) is 0 Å². The van der Waals surface area contributed by atoms with E-state index in [1.165, 1.54) is 18.5 Å². The van der Waals surface area contributed by atoms with Gasteiger partial charge in [0.1, 0.15) is 5.82 Å². The number of aromatic nitrogens is 1. The number of likely N-dealkylation sites (tertiary alicyclic amines) is 1. The van der Waals surface area contributed by atoms with Crippen LogP contribution in [-0.2, 0) is 10.2 Å². The zero-order valence-electron chi connectivity index (χ0n) is 20.8. The lowest BCUT2D eigenvalue weighted by atomic mass is 9.92. The van der Waals surface area contributed by atoms with Gasteiger partial charge in [-0.15, -0.1) is 0 Å². The number of ether oxygens (including phenoxy) is 1. The zero-order valence-corrected chi connectivity index (χ0v) is 20.8. The number of carbonyl (C=O) groups is 1. The van der Waals surface area contributed by atoms with Crippen LogP contribution in [0.25, 0.3) is 11.1 Å². The van der Waals surface area contributed by atoms with Gasteiger partial charge in [0.25, 0.3) is 5.91 Å². The number of nitrogens with zero attached hydrogens (tertiary/aromatic N) is 2. The third-order valence-corrected chi connectivity index (χ3v) is 9.87. The average molecular weight is 489 g/mol. The van der Waals surface area contributed by atoms with Gasteiger partial charge in [-0.05, 0) is 74.0 Å². The molecule has 5 fully saturated rings. The van der Waals surface area contributed by atoms with Gasteiger partial charge in [0.05, 0.1) is 11.2 Å². The summed E-state index contributed by atoms with van der Waals surface area (Å²) in [5.41, 5.74) is 9.78. The predicted octanol–water partition coefficient (Wildman–Crippen LogP) is 3.12. The molecule has 1 aromatic carbocycles. The Labute approximate surface area is 212 Å². The van der Waals surface area contributed by atoms with Crippen molar-refractivity contribution in [2.45, 2.75) is 68.0 Å². The highest BCUT2D eigenvalue weighted by atomic mass is 16.5. The number of aliphatic hydroxyl groups is 1. The predicted molar refractivity (Wildman–Crippen MR) is 137 cm³/mol. The number of benzene rings is 1. The molecule has 1 amide bonds. The van der Waals surface area contributed by atoms with E-state index >= 15 is 0 Å². The second kappa shape index (κ2) is 8.27. The van der Waals surface area contributed by atoms with Crippen LogP contribution in [0.1, 0.15) is 60.9 Å². The molecule has 5 atom stereocenters. The van der Waals surface area contributed by atoms with Crippen LogP contribution in [0.15, 0.2) is 36.5 Å². The summed E-state index contributed by atoms with van der Waals surface area (Å²) < 4.78 is 5.57. The Balaban J connectivity index is 1.04. The van der Waals surface area contributed by atoms with Gasteiger partial charge in [0, 0.05) is 55.6 Å². The quantitative estimate of drug-likeness (QED) is 0.598. The molecule has 4 N–H and O–H groups in total. The third-order valence-electron chi connectivity index (χ3n) is 9.87. The maximum atomic E-state index is 13.0. The van der Waals surface area contributed by atoms with Crippen LogP contribution < -0.4 is 11.1 Å². The van der Waals surface area contributed by atoms with Crippen LogP contribution in [0.5, 0.6) is 0 Å². The molecule has 1 unspecified atom stereocenters. The summed E-state index contributed by atoms with van der Waals surface area (Å²) in [6.07, 6.45) is 8.64. The Morgan fingerprint density at radius 3 is 2.69 bits per heavy atom. The fraction of sp³-hybridized carbons (Fsp3) is 0.586. The molecule has 1 aromatic heterocycles. The molecule has 190 valence electrons. The zero-order chi connectivity index (χ0) is 24.5. The van der Waals surface area contributed by atoms with Crippen LogP contribution in [0, 0.1) is 11.8 Å². The first-order chi connectivity index (χ1) is 17.4. The van der Waals surface area contributed by atoms with Gasteiger partial charge in [-0.3, -0.25) is 9.69 Å². The SMILES string of the molecule is Nc1ncc(-c2ccc([C@]34C[C@H]3CN(C3CCOCC3)C4)cc2)cc1C(=O)N[C@@H]1CC[C@]2(O)CC2C1. The van der Waals surface area contributed by atoms with Crippen molar-refractivity contribution in [2.24, 2.45) is 11.8 Å². The fourth-order valence-electron chi connectivity index (χ4n) is 7.36. The van der Waals surface area contributed by atoms with E-state index in [0.29, 0.717) is 22.9 Å².